The number of hydrogen-bond acceptors (Lipinski definition) is 3. The molecular weight excluding hydrogens is 330 g/mol. The summed E-state index contributed by atoms with van der Waals surface area (Å²) >= 11 is 3.49. The zero-order chi connectivity index (χ0) is 15.2. The van der Waals surface area contributed by atoms with Crippen molar-refractivity contribution in [2.45, 2.75) is 19.9 Å². The maximum atomic E-state index is 5.46. The first-order valence-corrected chi connectivity index (χ1v) is 7.75. The van der Waals surface area contributed by atoms with Crippen LogP contribution in [0.4, 0.5) is 5.69 Å². The van der Waals surface area contributed by atoms with Crippen LogP contribution in [0.1, 0.15) is 25.5 Å². The lowest BCUT2D eigenvalue weighted by Gasteiger charge is -2.17. The van der Waals surface area contributed by atoms with Gasteiger partial charge in [-0.2, -0.15) is 0 Å². The van der Waals surface area contributed by atoms with E-state index in [4.69, 9.17) is 9.47 Å². The minimum Gasteiger partial charge on any atom is -0.497 e. The minimum absolute atomic E-state index is 0.194. The summed E-state index contributed by atoms with van der Waals surface area (Å²) in [5.74, 6) is 1.73. The Hall–Kier alpha value is -1.68. The first-order valence-electron chi connectivity index (χ1n) is 6.96. The second-order valence-corrected chi connectivity index (χ2v) is 5.66. The highest BCUT2D eigenvalue weighted by atomic mass is 79.9. The SMILES string of the molecule is CCOc1ccc(C(C)Nc2cc(Br)cc(OC)c2)cc1. The number of nitrogens with one attached hydrogen (secondary N) is 1. The number of rotatable bonds is 6. The van der Waals surface area contributed by atoms with E-state index >= 15 is 0 Å². The molecule has 2 aromatic rings. The first-order chi connectivity index (χ1) is 10.1. The highest BCUT2D eigenvalue weighted by Crippen LogP contribution is 2.28. The summed E-state index contributed by atoms with van der Waals surface area (Å²) in [6.45, 7) is 4.80. The van der Waals surface area contributed by atoms with Crippen LogP contribution in [0, 0.1) is 0 Å². The molecule has 0 spiro atoms. The Balaban J connectivity index is 2.10. The molecule has 0 aromatic heterocycles. The topological polar surface area (TPSA) is 30.5 Å². The Morgan fingerprint density at radius 1 is 1.10 bits per heavy atom. The Labute approximate surface area is 134 Å². The lowest BCUT2D eigenvalue weighted by atomic mass is 10.1. The van der Waals surface area contributed by atoms with Crippen molar-refractivity contribution in [3.8, 4) is 11.5 Å². The lowest BCUT2D eigenvalue weighted by molar-refractivity contribution is 0.340. The zero-order valence-electron chi connectivity index (χ0n) is 12.5. The van der Waals surface area contributed by atoms with Gasteiger partial charge in [-0.3, -0.25) is 0 Å². The van der Waals surface area contributed by atoms with Crippen LogP contribution in [0.5, 0.6) is 11.5 Å². The molecule has 112 valence electrons. The van der Waals surface area contributed by atoms with Gasteiger partial charge in [0, 0.05) is 22.3 Å². The normalized spacial score (nSPS) is 11.8. The van der Waals surface area contributed by atoms with Crippen molar-refractivity contribution in [1.29, 1.82) is 0 Å². The Bertz CT molecular complexity index is 584. The van der Waals surface area contributed by atoms with E-state index < -0.39 is 0 Å². The fraction of sp³-hybridized carbons (Fsp3) is 0.294. The van der Waals surface area contributed by atoms with Crippen molar-refractivity contribution in [3.63, 3.8) is 0 Å². The molecule has 0 saturated heterocycles. The minimum atomic E-state index is 0.194. The van der Waals surface area contributed by atoms with Crippen LogP contribution in [0.3, 0.4) is 0 Å². The number of anilines is 1. The predicted molar refractivity (Wildman–Crippen MR) is 90.3 cm³/mol. The molecule has 21 heavy (non-hydrogen) atoms. The van der Waals surface area contributed by atoms with Crippen molar-refractivity contribution in [2.24, 2.45) is 0 Å². The maximum absolute atomic E-state index is 5.46. The quantitative estimate of drug-likeness (QED) is 0.793. The molecule has 0 aliphatic heterocycles. The number of hydrogen-bond donors (Lipinski definition) is 1. The van der Waals surface area contributed by atoms with Gasteiger partial charge in [-0.25, -0.2) is 0 Å². The van der Waals surface area contributed by atoms with Crippen molar-refractivity contribution in [3.05, 3.63) is 52.5 Å². The smallest absolute Gasteiger partial charge is 0.122 e. The molecule has 2 aromatic carbocycles. The van der Waals surface area contributed by atoms with Gasteiger partial charge in [0.15, 0.2) is 0 Å². The van der Waals surface area contributed by atoms with E-state index in [0.717, 1.165) is 21.7 Å². The van der Waals surface area contributed by atoms with Crippen LogP contribution in [0.2, 0.25) is 0 Å². The molecule has 2 rings (SSSR count). The van der Waals surface area contributed by atoms with Gasteiger partial charge >= 0.3 is 0 Å². The summed E-state index contributed by atoms with van der Waals surface area (Å²) in [6.07, 6.45) is 0. The number of ether oxygens (including phenoxy) is 2. The third kappa shape index (κ3) is 4.39. The predicted octanol–water partition coefficient (Wildman–Crippen LogP) is 5.03. The third-order valence-electron chi connectivity index (χ3n) is 3.18. The molecule has 0 aliphatic carbocycles. The van der Waals surface area contributed by atoms with E-state index in [2.05, 4.69) is 40.3 Å². The van der Waals surface area contributed by atoms with Crippen LogP contribution in [0.25, 0.3) is 0 Å². The fourth-order valence-corrected chi connectivity index (χ4v) is 2.59. The summed E-state index contributed by atoms with van der Waals surface area (Å²) in [5.41, 5.74) is 2.22. The largest absolute Gasteiger partial charge is 0.497 e. The molecule has 0 amide bonds. The molecule has 0 saturated carbocycles. The summed E-state index contributed by atoms with van der Waals surface area (Å²) in [4.78, 5) is 0. The molecule has 0 fully saturated rings. The number of methoxy groups -OCH3 is 1. The Kier molecular flexibility index (Phi) is 5.51. The van der Waals surface area contributed by atoms with E-state index in [1.54, 1.807) is 7.11 Å². The molecular formula is C17H20BrNO2. The molecule has 0 heterocycles. The van der Waals surface area contributed by atoms with Gasteiger partial charge in [-0.15, -0.1) is 0 Å². The molecule has 0 radical (unpaired) electrons. The highest BCUT2D eigenvalue weighted by Gasteiger charge is 2.07. The van der Waals surface area contributed by atoms with Gasteiger partial charge in [0.1, 0.15) is 11.5 Å². The van der Waals surface area contributed by atoms with E-state index in [0.29, 0.717) is 6.61 Å². The van der Waals surface area contributed by atoms with E-state index in [9.17, 15) is 0 Å². The Morgan fingerprint density at radius 2 is 1.81 bits per heavy atom. The van der Waals surface area contributed by atoms with Gasteiger partial charge in [0.05, 0.1) is 13.7 Å². The Morgan fingerprint density at radius 3 is 2.43 bits per heavy atom. The molecule has 1 N–H and O–H groups in total. The monoisotopic (exact) mass is 349 g/mol. The van der Waals surface area contributed by atoms with Crippen LogP contribution in [0.15, 0.2) is 46.9 Å². The number of halogens is 1. The summed E-state index contributed by atoms with van der Waals surface area (Å²) in [5, 5.41) is 3.47. The maximum Gasteiger partial charge on any atom is 0.122 e. The van der Waals surface area contributed by atoms with Crippen molar-refractivity contribution in [2.75, 3.05) is 19.0 Å². The summed E-state index contributed by atoms with van der Waals surface area (Å²) in [6, 6.07) is 14.3. The van der Waals surface area contributed by atoms with E-state index in [-0.39, 0.29) is 6.04 Å². The first kappa shape index (κ1) is 15.7. The molecule has 0 bridgehead atoms. The summed E-state index contributed by atoms with van der Waals surface area (Å²) < 4.78 is 11.7. The molecule has 4 heteroatoms. The van der Waals surface area contributed by atoms with Crippen molar-refractivity contribution >= 4 is 21.6 Å². The van der Waals surface area contributed by atoms with Crippen LogP contribution < -0.4 is 14.8 Å². The van der Waals surface area contributed by atoms with Gasteiger partial charge < -0.3 is 14.8 Å². The second-order valence-electron chi connectivity index (χ2n) is 4.75. The molecule has 1 unspecified atom stereocenters. The van der Waals surface area contributed by atoms with Gasteiger partial charge in [-0.05, 0) is 43.7 Å². The van der Waals surface area contributed by atoms with Crippen LogP contribution in [-0.2, 0) is 0 Å². The average Bonchev–Trinajstić information content (AvgIpc) is 2.47. The standard InChI is InChI=1S/C17H20BrNO2/c1-4-21-16-7-5-13(6-8-16)12(2)19-15-9-14(18)10-17(11-15)20-3/h5-12,19H,4H2,1-3H3. The molecule has 0 aliphatic rings. The van der Waals surface area contributed by atoms with Gasteiger partial charge in [-0.1, -0.05) is 28.1 Å². The average molecular weight is 350 g/mol. The van der Waals surface area contributed by atoms with E-state index in [1.807, 2.05) is 37.3 Å². The van der Waals surface area contributed by atoms with Crippen LogP contribution >= 0.6 is 15.9 Å². The van der Waals surface area contributed by atoms with Crippen molar-refractivity contribution < 1.29 is 9.47 Å². The van der Waals surface area contributed by atoms with Crippen molar-refractivity contribution in [1.82, 2.24) is 0 Å². The fourth-order valence-electron chi connectivity index (χ4n) is 2.12. The molecule has 1 atom stereocenters. The van der Waals surface area contributed by atoms with Gasteiger partial charge in [0.25, 0.3) is 0 Å². The lowest BCUT2D eigenvalue weighted by Crippen LogP contribution is -2.06. The molecule has 3 nitrogen and oxygen atoms in total. The third-order valence-corrected chi connectivity index (χ3v) is 3.64. The highest BCUT2D eigenvalue weighted by molar-refractivity contribution is 9.10. The summed E-state index contributed by atoms with van der Waals surface area (Å²) in [7, 11) is 1.67. The zero-order valence-corrected chi connectivity index (χ0v) is 14.1. The second kappa shape index (κ2) is 7.36. The van der Waals surface area contributed by atoms with Gasteiger partial charge in [0.2, 0.25) is 0 Å². The number of benzene rings is 2. The van der Waals surface area contributed by atoms with Crippen LogP contribution in [-0.4, -0.2) is 13.7 Å². The van der Waals surface area contributed by atoms with E-state index in [1.165, 1.54) is 5.56 Å².